The van der Waals surface area contributed by atoms with E-state index >= 15 is 0 Å². The molecule has 3 aliphatic heterocycles. The number of aliphatic hydroxyl groups is 3. The Morgan fingerprint density at radius 2 is 1.20 bits per heavy atom. The fourth-order valence-corrected chi connectivity index (χ4v) is 13.0. The van der Waals surface area contributed by atoms with Crippen LogP contribution in [-0.2, 0) is 52.6 Å². The molecule has 1 fully saturated rings. The van der Waals surface area contributed by atoms with Gasteiger partial charge >= 0.3 is 39.0 Å². The third-order valence-electron chi connectivity index (χ3n) is 17.3. The number of halogens is 6. The van der Waals surface area contributed by atoms with E-state index in [0.717, 1.165) is 16.8 Å². The largest absolute Gasteiger partial charge is 0 e. The van der Waals surface area contributed by atoms with E-state index in [9.17, 15) is 69.9 Å². The van der Waals surface area contributed by atoms with Crippen molar-refractivity contribution in [2.24, 2.45) is 5.92 Å². The van der Waals surface area contributed by atoms with Crippen LogP contribution in [0.5, 0.6) is 17.2 Å². The van der Waals surface area contributed by atoms with Gasteiger partial charge < -0.3 is 64.1 Å². The maximum atomic E-state index is 14.0. The number of carbonyl (C=O) groups excluding carboxylic acids is 4. The summed E-state index contributed by atoms with van der Waals surface area (Å²) in [4.78, 5) is 62.4. The van der Waals surface area contributed by atoms with Crippen LogP contribution in [0, 0.1) is 40.0 Å². The SMILES string of the molecule is CC(C)c1cccc(C(C)C)c1N1C=CN(c2c(C(C)C)cccc2C(C)C)[CH-]1.COc1cccc2c1C(=O)c1c(O)c3c(c(O)c1C2=O)C[C@@](O)(C(=O)CO)C[C@@H]3OC1CC(CC(=O)OCCN2C=CN(c3c(C)cc(C)cc3C)[CH-]2)[C@@H](O)[C@H](C)O1.F[P-](F)(F)(F)(F)F.[Au]. The van der Waals surface area contributed by atoms with Crippen molar-refractivity contribution in [2.75, 3.05) is 41.6 Å². The molecule has 1 radical (unpaired) electrons. The van der Waals surface area contributed by atoms with Crippen LogP contribution in [0.4, 0.5) is 42.2 Å². The molecular weight excluding hydrogens is 1450 g/mol. The number of fused-ring (bicyclic) bond motifs is 3. The van der Waals surface area contributed by atoms with E-state index < -0.39 is 109 Å². The number of ether oxygens (including phenoxy) is 4. The molecule has 2 unspecified atom stereocenters. The molecule has 2 aliphatic carbocycles. The second kappa shape index (κ2) is 28.7. The molecule has 0 bridgehead atoms. The Hall–Kier alpha value is -6.79. The van der Waals surface area contributed by atoms with Gasteiger partial charge in [-0.15, -0.1) is 6.67 Å². The van der Waals surface area contributed by atoms with E-state index in [4.69, 9.17) is 18.9 Å². The maximum Gasteiger partial charge on any atom is 0 e. The van der Waals surface area contributed by atoms with Crippen LogP contribution in [0.25, 0.3) is 0 Å². The number of aromatic hydroxyl groups is 2. The Morgan fingerprint density at radius 3 is 1.69 bits per heavy atom. The van der Waals surface area contributed by atoms with Gasteiger partial charge in [-0.05, 0) is 116 Å². The molecule has 6 atom stereocenters. The molecule has 5 N–H and O–H groups in total. The van der Waals surface area contributed by atoms with Crippen molar-refractivity contribution >= 4 is 48.2 Å². The molecule has 10 rings (SSSR count). The fraction of sp³-hybridized carbons (Fsp3) is 0.429. The minimum atomic E-state index is -10.7. The van der Waals surface area contributed by atoms with Gasteiger partial charge in [-0.1, -0.05) is 122 Å². The number of methoxy groups -OCH3 is 1. The molecule has 5 aromatic rings. The number of anilines is 3. The first-order chi connectivity index (χ1) is 43.7. The summed E-state index contributed by atoms with van der Waals surface area (Å²) < 4.78 is 82.4. The zero-order valence-corrected chi connectivity index (χ0v) is 58.3. The number of ketones is 3. The van der Waals surface area contributed by atoms with Gasteiger partial charge in [0, 0.05) is 87.9 Å². The van der Waals surface area contributed by atoms with Crippen molar-refractivity contribution in [3.8, 4) is 17.2 Å². The number of hydrogen-bond donors (Lipinski definition) is 5. The number of phenols is 2. The summed E-state index contributed by atoms with van der Waals surface area (Å²) in [6.45, 7) is 29.6. The first kappa shape index (κ1) is 75.6. The molecule has 5 aliphatic rings. The van der Waals surface area contributed by atoms with E-state index in [1.807, 2.05) is 28.9 Å². The number of para-hydroxylation sites is 2. The van der Waals surface area contributed by atoms with Crippen molar-refractivity contribution in [3.05, 3.63) is 177 Å². The molecule has 17 nitrogen and oxygen atoms in total. The Kier molecular flexibility index (Phi) is 22.9. The number of esters is 1. The molecule has 95 heavy (non-hydrogen) atoms. The number of aliphatic hydroxyl groups excluding tert-OH is 2. The van der Waals surface area contributed by atoms with E-state index in [1.165, 1.54) is 64.5 Å². The van der Waals surface area contributed by atoms with Crippen LogP contribution in [0.2, 0.25) is 0 Å². The number of benzene rings is 5. The number of Topliss-reactive ketones (excluding diaryl/α,β-unsaturated/α-hetero) is 1. The summed E-state index contributed by atoms with van der Waals surface area (Å²) in [6.07, 6.45) is 2.21. The average molecular weight is 1530 g/mol. The smallest absolute Gasteiger partial charge is 0 e. The van der Waals surface area contributed by atoms with Gasteiger partial charge in [-0.25, -0.2) is 0 Å². The van der Waals surface area contributed by atoms with E-state index in [1.54, 1.807) is 6.92 Å². The predicted octanol–water partition coefficient (Wildman–Crippen LogP) is 15.0. The van der Waals surface area contributed by atoms with Gasteiger partial charge in [0.2, 0.25) is 5.78 Å². The Balaban J connectivity index is 0.000000286. The van der Waals surface area contributed by atoms with Crippen LogP contribution in [0.1, 0.15) is 193 Å². The first-order valence-electron chi connectivity index (χ1n) is 31.2. The van der Waals surface area contributed by atoms with Gasteiger partial charge in [0.1, 0.15) is 36.1 Å². The fourth-order valence-electron chi connectivity index (χ4n) is 13.0. The Bertz CT molecular complexity index is 3640. The number of rotatable bonds is 17. The van der Waals surface area contributed by atoms with Gasteiger partial charge in [-0.2, -0.15) is 6.67 Å². The van der Waals surface area contributed by atoms with Crippen molar-refractivity contribution in [2.45, 2.75) is 163 Å². The second-order valence-corrected chi connectivity index (χ2v) is 27.8. The number of hydrogen-bond acceptors (Lipinski definition) is 17. The predicted molar refractivity (Wildman–Crippen MR) is 347 cm³/mol. The summed E-state index contributed by atoms with van der Waals surface area (Å²) in [7, 11) is -9.34. The van der Waals surface area contributed by atoms with E-state index in [0.29, 0.717) is 30.2 Å². The van der Waals surface area contributed by atoms with Gasteiger partial charge in [0.05, 0.1) is 48.5 Å². The summed E-state index contributed by atoms with van der Waals surface area (Å²) in [5, 5.41) is 55.8. The average Bonchev–Trinajstić information content (AvgIpc) is 1.44. The monoisotopic (exact) mass is 1530 g/mol. The molecule has 25 heteroatoms. The minimum Gasteiger partial charge on any atom is 0 e. The second-order valence-electron chi connectivity index (χ2n) is 25.9. The number of nitrogens with zero attached hydrogens (tertiary/aromatic N) is 4. The van der Waals surface area contributed by atoms with E-state index in [-0.39, 0.29) is 69.8 Å². The topological polar surface area (TPSA) is 219 Å². The van der Waals surface area contributed by atoms with Crippen molar-refractivity contribution in [1.29, 1.82) is 0 Å². The molecule has 3 heterocycles. The summed E-state index contributed by atoms with van der Waals surface area (Å²) in [5.74, 6) is -3.35. The Morgan fingerprint density at radius 1 is 0.716 bits per heavy atom. The molecule has 0 saturated carbocycles. The Labute approximate surface area is 566 Å². The molecule has 5 aromatic carbocycles. The normalized spacial score (nSPS) is 21.3. The molecular formula is C70H84AuF6N4O13P-3. The zero-order chi connectivity index (χ0) is 69.5. The third kappa shape index (κ3) is 17.3. The molecule has 523 valence electrons. The summed E-state index contributed by atoms with van der Waals surface area (Å²) in [5.41, 5.74) is 8.87. The van der Waals surface area contributed by atoms with Crippen LogP contribution in [0.3, 0.4) is 0 Å². The first-order valence-corrected chi connectivity index (χ1v) is 33.2. The van der Waals surface area contributed by atoms with Crippen molar-refractivity contribution in [3.63, 3.8) is 0 Å². The van der Waals surface area contributed by atoms with Crippen molar-refractivity contribution in [1.82, 2.24) is 4.90 Å². The number of phenolic OH excluding ortho intramolecular Hbond substituents is 2. The molecule has 0 aromatic heterocycles. The summed E-state index contributed by atoms with van der Waals surface area (Å²) in [6, 6.07) is 22.1. The van der Waals surface area contributed by atoms with Gasteiger partial charge in [0.15, 0.2) is 17.9 Å². The third-order valence-corrected chi connectivity index (χ3v) is 17.3. The van der Waals surface area contributed by atoms with Crippen LogP contribution in [0.15, 0.2) is 91.5 Å². The number of aryl methyl sites for hydroxylation is 3. The van der Waals surface area contributed by atoms with Crippen LogP contribution >= 0.6 is 7.81 Å². The molecule has 0 amide bonds. The minimum absolute atomic E-state index is 0. The maximum absolute atomic E-state index is 14.0. The van der Waals surface area contributed by atoms with Gasteiger partial charge in [0.25, 0.3) is 0 Å². The van der Waals surface area contributed by atoms with Crippen LogP contribution in [-0.4, -0.2) is 105 Å². The van der Waals surface area contributed by atoms with Crippen LogP contribution < -0.4 is 19.4 Å². The van der Waals surface area contributed by atoms with E-state index in [2.05, 4.69) is 154 Å². The summed E-state index contributed by atoms with van der Waals surface area (Å²) >= 11 is 0. The number of carbonyl (C=O) groups is 4. The molecule has 1 saturated heterocycles. The van der Waals surface area contributed by atoms with Crippen molar-refractivity contribution < 1.29 is 111 Å². The standard InChI is InChI=1S/C43H47N2O13.C27H37N2.Au.F6P/c1-21-13-22(2)37(23(3)14-21)45-10-9-44(20-45)11-12-56-31(48)15-25-16-32(57-24(4)38(25)49)58-29-18-43(54,30(47)19-46)17-27-34(29)42(53)36-35(40(27)51)39(50)26-7-6-8-28(55-5)33(26)41(36)52;1-18(2)22-11-9-12-23(19(3)4)26(22)28-15-16-29(17-28)27-24(20(5)6)13-10-14-25(27)21(7)8;;1-7(2,3,4,5)6/h6-10,13-14,20,24-25,29,32,38,46,49,51,53-54H,11-12,15-19H2,1-5H3;9-21H,1-8H3;;/q2*-1;;-1/t24-,25?,29-,32?,38-,43-;;;/m0.../s1. The quantitative estimate of drug-likeness (QED) is 0.0143. The zero-order valence-electron chi connectivity index (χ0n) is 55.3. The molecule has 0 spiro atoms. The van der Waals surface area contributed by atoms with Gasteiger partial charge in [-0.3, -0.25) is 19.2 Å².